The van der Waals surface area contributed by atoms with E-state index in [1.807, 2.05) is 84.9 Å². The van der Waals surface area contributed by atoms with Gasteiger partial charge in [-0.25, -0.2) is 15.0 Å². The van der Waals surface area contributed by atoms with Gasteiger partial charge in [0.05, 0.1) is 11.6 Å². The van der Waals surface area contributed by atoms with Crippen LogP contribution < -0.4 is 0 Å². The van der Waals surface area contributed by atoms with E-state index in [1.165, 1.54) is 27.5 Å². The number of nitrogens with zero attached hydrogens (tertiary/aromatic N) is 4. The van der Waals surface area contributed by atoms with Crippen LogP contribution in [0.2, 0.25) is 0 Å². The molecular weight excluding hydrogens is 585 g/mol. The minimum atomic E-state index is 0.0547. The highest BCUT2D eigenvalue weighted by Crippen LogP contribution is 2.34. The summed E-state index contributed by atoms with van der Waals surface area (Å²) in [6.45, 7) is 0. The van der Waals surface area contributed by atoms with E-state index in [0.717, 1.165) is 40.1 Å². The molecule has 0 bridgehead atoms. The maximum Gasteiger partial charge on any atom is 0.163 e. The van der Waals surface area contributed by atoms with Gasteiger partial charge in [0.2, 0.25) is 0 Å². The van der Waals surface area contributed by atoms with Crippen LogP contribution in [0.3, 0.4) is 0 Å². The fourth-order valence-electron chi connectivity index (χ4n) is 6.25. The van der Waals surface area contributed by atoms with Gasteiger partial charge in [0.1, 0.15) is 5.82 Å². The Labute approximate surface area is 280 Å². The molecule has 1 aromatic heterocycles. The average molecular weight is 615 g/mol. The van der Waals surface area contributed by atoms with Crippen LogP contribution in [-0.2, 0) is 0 Å². The molecule has 0 N–H and O–H groups in total. The number of rotatable bonds is 6. The third kappa shape index (κ3) is 5.93. The molecule has 0 saturated heterocycles. The summed E-state index contributed by atoms with van der Waals surface area (Å²) in [5, 5.41) is 11.7. The molecule has 0 spiro atoms. The highest BCUT2D eigenvalue weighted by Gasteiger charge is 2.19. The number of benzene rings is 6. The molecule has 1 heterocycles. The van der Waals surface area contributed by atoms with Crippen molar-refractivity contribution in [2.75, 3.05) is 0 Å². The van der Waals surface area contributed by atoms with E-state index in [9.17, 15) is 5.26 Å². The van der Waals surface area contributed by atoms with E-state index >= 15 is 0 Å². The van der Waals surface area contributed by atoms with Crippen LogP contribution in [0, 0.1) is 11.3 Å². The second-order valence-corrected chi connectivity index (χ2v) is 12.0. The normalized spacial score (nSPS) is 14.0. The van der Waals surface area contributed by atoms with E-state index in [-0.39, 0.29) is 5.92 Å². The second kappa shape index (κ2) is 12.7. The van der Waals surface area contributed by atoms with Crippen molar-refractivity contribution in [2.45, 2.75) is 12.3 Å². The van der Waals surface area contributed by atoms with Gasteiger partial charge in [-0.3, -0.25) is 0 Å². The fourth-order valence-corrected chi connectivity index (χ4v) is 6.25. The van der Waals surface area contributed by atoms with Crippen molar-refractivity contribution in [3.63, 3.8) is 0 Å². The first-order chi connectivity index (χ1) is 23.7. The standard InChI is InChI=1S/C44H30N4/c45-29-30-8-7-13-38(26-30)31-14-16-32(17-15-31)39-24-20-34-21-25-40(28-41(34)27-39)33-18-22-37(23-19-33)44-47-42(35-9-3-1-4-10-35)46-43(48-44)36-11-5-2-6-12-36/h1-22,24-28,37H,23H2. The largest absolute Gasteiger partial charge is 0.212 e. The molecule has 8 rings (SSSR count). The predicted octanol–water partition coefficient (Wildman–Crippen LogP) is 10.7. The number of fused-ring (bicyclic) bond motifs is 1. The SMILES string of the molecule is N#Cc1cccc(-c2ccc(-c3ccc4ccc(C5=CCC(c6nc(-c7ccccc7)nc(-c7ccccc7)n6)C=C5)cc4c3)cc2)c1. The molecule has 0 aliphatic heterocycles. The maximum absolute atomic E-state index is 9.28. The minimum Gasteiger partial charge on any atom is -0.212 e. The number of aromatic nitrogens is 3. The highest BCUT2D eigenvalue weighted by atomic mass is 15.0. The summed E-state index contributed by atoms with van der Waals surface area (Å²) in [6.07, 6.45) is 7.53. The third-order valence-electron chi connectivity index (χ3n) is 8.86. The summed E-state index contributed by atoms with van der Waals surface area (Å²) in [5.74, 6) is 2.21. The Morgan fingerprint density at radius 3 is 1.67 bits per heavy atom. The van der Waals surface area contributed by atoms with Gasteiger partial charge >= 0.3 is 0 Å². The molecule has 0 fully saturated rings. The number of nitriles is 1. The van der Waals surface area contributed by atoms with Gasteiger partial charge in [-0.2, -0.15) is 5.26 Å². The van der Waals surface area contributed by atoms with Crippen LogP contribution in [0.5, 0.6) is 0 Å². The zero-order chi connectivity index (χ0) is 32.3. The topological polar surface area (TPSA) is 62.5 Å². The third-order valence-corrected chi connectivity index (χ3v) is 8.86. The van der Waals surface area contributed by atoms with Crippen molar-refractivity contribution in [1.82, 2.24) is 15.0 Å². The van der Waals surface area contributed by atoms with Crippen molar-refractivity contribution in [3.8, 4) is 51.1 Å². The Balaban J connectivity index is 1.05. The Hall–Kier alpha value is -6.44. The van der Waals surface area contributed by atoms with Crippen LogP contribution in [-0.4, -0.2) is 15.0 Å². The summed E-state index contributed by atoms with van der Waals surface area (Å²) in [7, 11) is 0. The van der Waals surface area contributed by atoms with Gasteiger partial charge in [-0.1, -0.05) is 140 Å². The Morgan fingerprint density at radius 1 is 0.500 bits per heavy atom. The zero-order valence-corrected chi connectivity index (χ0v) is 26.2. The predicted molar refractivity (Wildman–Crippen MR) is 195 cm³/mol. The monoisotopic (exact) mass is 614 g/mol. The van der Waals surface area contributed by atoms with E-state index in [0.29, 0.717) is 17.2 Å². The van der Waals surface area contributed by atoms with Gasteiger partial charge in [-0.15, -0.1) is 0 Å². The Morgan fingerprint density at radius 2 is 1.06 bits per heavy atom. The molecule has 226 valence electrons. The molecule has 6 aromatic carbocycles. The Kier molecular flexibility index (Phi) is 7.70. The number of hydrogen-bond acceptors (Lipinski definition) is 4. The average Bonchev–Trinajstić information content (AvgIpc) is 3.18. The molecule has 0 saturated carbocycles. The van der Waals surface area contributed by atoms with Crippen LogP contribution in [0.15, 0.2) is 164 Å². The first kappa shape index (κ1) is 29.0. The summed E-state index contributed by atoms with van der Waals surface area (Å²) in [5.41, 5.74) is 9.47. The lowest BCUT2D eigenvalue weighted by atomic mass is 9.91. The molecule has 0 radical (unpaired) electrons. The molecule has 4 nitrogen and oxygen atoms in total. The quantitative estimate of drug-likeness (QED) is 0.187. The van der Waals surface area contributed by atoms with Crippen LogP contribution in [0.4, 0.5) is 0 Å². The molecule has 0 amide bonds. The minimum absolute atomic E-state index is 0.0547. The molecule has 4 heteroatoms. The molecular formula is C44H30N4. The van der Waals surface area contributed by atoms with Gasteiger partial charge in [0, 0.05) is 17.0 Å². The second-order valence-electron chi connectivity index (χ2n) is 12.0. The van der Waals surface area contributed by atoms with Crippen molar-refractivity contribution in [1.29, 1.82) is 5.26 Å². The smallest absolute Gasteiger partial charge is 0.163 e. The van der Waals surface area contributed by atoms with E-state index in [4.69, 9.17) is 15.0 Å². The lowest BCUT2D eigenvalue weighted by molar-refractivity contribution is 0.766. The van der Waals surface area contributed by atoms with E-state index < -0.39 is 0 Å². The summed E-state index contributed by atoms with van der Waals surface area (Å²) >= 11 is 0. The first-order valence-electron chi connectivity index (χ1n) is 16.1. The van der Waals surface area contributed by atoms with Gasteiger partial charge in [-0.05, 0) is 74.8 Å². The maximum atomic E-state index is 9.28. The van der Waals surface area contributed by atoms with Gasteiger partial charge in [0.15, 0.2) is 11.6 Å². The zero-order valence-electron chi connectivity index (χ0n) is 26.2. The molecule has 7 aromatic rings. The number of hydrogen-bond donors (Lipinski definition) is 0. The highest BCUT2D eigenvalue weighted by molar-refractivity contribution is 5.91. The first-order valence-corrected chi connectivity index (χ1v) is 16.1. The molecule has 1 aliphatic carbocycles. The van der Waals surface area contributed by atoms with E-state index in [1.54, 1.807) is 0 Å². The Bertz CT molecular complexity index is 2310. The lowest BCUT2D eigenvalue weighted by Gasteiger charge is -2.17. The van der Waals surface area contributed by atoms with Crippen LogP contribution in [0.1, 0.15) is 29.3 Å². The summed E-state index contributed by atoms with van der Waals surface area (Å²) in [6, 6.07) is 52.0. The van der Waals surface area contributed by atoms with Crippen LogP contribution >= 0.6 is 0 Å². The van der Waals surface area contributed by atoms with Gasteiger partial charge in [0.25, 0.3) is 0 Å². The van der Waals surface area contributed by atoms with Crippen molar-refractivity contribution >= 4 is 16.3 Å². The van der Waals surface area contributed by atoms with Crippen molar-refractivity contribution in [3.05, 3.63) is 181 Å². The van der Waals surface area contributed by atoms with Crippen LogP contribution in [0.25, 0.3) is 61.4 Å². The van der Waals surface area contributed by atoms with Crippen molar-refractivity contribution in [2.24, 2.45) is 0 Å². The summed E-state index contributed by atoms with van der Waals surface area (Å²) in [4.78, 5) is 14.7. The summed E-state index contributed by atoms with van der Waals surface area (Å²) < 4.78 is 0. The van der Waals surface area contributed by atoms with Crippen molar-refractivity contribution < 1.29 is 0 Å². The molecule has 48 heavy (non-hydrogen) atoms. The number of allylic oxidation sites excluding steroid dienone is 4. The molecule has 1 aliphatic rings. The molecule has 1 atom stereocenters. The molecule has 1 unspecified atom stereocenters. The van der Waals surface area contributed by atoms with E-state index in [2.05, 4.69) is 85.0 Å². The van der Waals surface area contributed by atoms with Gasteiger partial charge < -0.3 is 0 Å². The lowest BCUT2D eigenvalue weighted by Crippen LogP contribution is -2.08. The fraction of sp³-hybridized carbons (Fsp3) is 0.0455.